The molecular weight excluding hydrogens is 366 g/mol. The number of sulfone groups is 1. The van der Waals surface area contributed by atoms with Crippen LogP contribution in [0.1, 0.15) is 16.8 Å². The van der Waals surface area contributed by atoms with E-state index in [1.807, 2.05) is 0 Å². The first-order valence-corrected chi connectivity index (χ1v) is 11.0. The molecule has 0 bridgehead atoms. The molecule has 1 atom stereocenters. The van der Waals surface area contributed by atoms with Gasteiger partial charge < -0.3 is 0 Å². The van der Waals surface area contributed by atoms with Crippen molar-refractivity contribution in [3.05, 3.63) is 29.8 Å². The summed E-state index contributed by atoms with van der Waals surface area (Å²) in [7, 11) is -0.484. The Bertz CT molecular complexity index is 846. The number of sulfonamides is 1. The summed E-state index contributed by atoms with van der Waals surface area (Å²) in [5.41, 5.74) is 0.302. The van der Waals surface area contributed by atoms with E-state index in [0.29, 0.717) is 12.0 Å². The number of rotatable bonds is 5. The fourth-order valence-corrected chi connectivity index (χ4v) is 5.35. The molecule has 1 aromatic carbocycles. The Hall–Kier alpha value is -1.49. The molecule has 0 N–H and O–H groups in total. The first kappa shape index (κ1) is 19.8. The Morgan fingerprint density at radius 2 is 1.64 bits per heavy atom. The normalized spacial score (nSPS) is 20.2. The smallest absolute Gasteiger partial charge is 0.268 e. The molecule has 0 radical (unpaired) electrons. The van der Waals surface area contributed by atoms with Crippen LogP contribution in [0.25, 0.3) is 0 Å². The van der Waals surface area contributed by atoms with Crippen LogP contribution in [-0.4, -0.2) is 82.8 Å². The lowest BCUT2D eigenvalue weighted by Crippen LogP contribution is -2.49. The number of hydrazine groups is 1. The number of hydrogen-bond acceptors (Lipinski definition) is 6. The summed E-state index contributed by atoms with van der Waals surface area (Å²) in [5.74, 6) is -0.361. The standard InChI is InChI=1S/C15H23N3O5S2/c1-16(2)18(13-9-10-24(20,21)11-13)15(19)12-5-7-14(8-6-12)25(22,23)17(3)4/h5-8,13H,9-11H2,1-4H3/t13-/m1/s1. The van der Waals surface area contributed by atoms with Gasteiger partial charge in [-0.1, -0.05) is 0 Å². The Balaban J connectivity index is 2.29. The van der Waals surface area contributed by atoms with E-state index in [1.54, 1.807) is 19.1 Å². The fourth-order valence-electron chi connectivity index (χ4n) is 2.75. The molecule has 0 aromatic heterocycles. The van der Waals surface area contributed by atoms with Gasteiger partial charge in [0.05, 0.1) is 22.4 Å². The topological polar surface area (TPSA) is 95.1 Å². The van der Waals surface area contributed by atoms with Gasteiger partial charge in [-0.2, -0.15) is 0 Å². The maximum absolute atomic E-state index is 12.8. The van der Waals surface area contributed by atoms with Crippen LogP contribution in [0.15, 0.2) is 29.2 Å². The number of carbonyl (C=O) groups is 1. The van der Waals surface area contributed by atoms with Gasteiger partial charge in [-0.15, -0.1) is 0 Å². The highest BCUT2D eigenvalue weighted by molar-refractivity contribution is 7.91. The maximum Gasteiger partial charge on any atom is 0.268 e. The summed E-state index contributed by atoms with van der Waals surface area (Å²) in [6.45, 7) is 0. The minimum Gasteiger partial charge on any atom is -0.268 e. The fraction of sp³-hybridized carbons (Fsp3) is 0.533. The van der Waals surface area contributed by atoms with E-state index < -0.39 is 25.9 Å². The molecule has 8 nitrogen and oxygen atoms in total. The molecule has 140 valence electrons. The third-order valence-electron chi connectivity index (χ3n) is 4.07. The van der Waals surface area contributed by atoms with Crippen LogP contribution in [-0.2, 0) is 19.9 Å². The van der Waals surface area contributed by atoms with Gasteiger partial charge in [0, 0.05) is 33.8 Å². The van der Waals surface area contributed by atoms with Gasteiger partial charge in [0.2, 0.25) is 10.0 Å². The van der Waals surface area contributed by atoms with Gasteiger partial charge in [-0.05, 0) is 30.7 Å². The predicted molar refractivity (Wildman–Crippen MR) is 94.2 cm³/mol. The lowest BCUT2D eigenvalue weighted by Gasteiger charge is -2.33. The molecule has 0 unspecified atom stereocenters. The minimum atomic E-state index is -3.57. The van der Waals surface area contributed by atoms with Gasteiger partial charge in [0.15, 0.2) is 9.84 Å². The zero-order valence-electron chi connectivity index (χ0n) is 14.7. The van der Waals surface area contributed by atoms with Crippen molar-refractivity contribution in [3.8, 4) is 0 Å². The molecule has 1 aliphatic heterocycles. The van der Waals surface area contributed by atoms with Crippen molar-refractivity contribution in [2.75, 3.05) is 39.7 Å². The van der Waals surface area contributed by atoms with Crippen LogP contribution < -0.4 is 0 Å². The van der Waals surface area contributed by atoms with E-state index in [0.717, 1.165) is 4.31 Å². The summed E-state index contributed by atoms with van der Waals surface area (Å²) >= 11 is 0. The zero-order valence-corrected chi connectivity index (χ0v) is 16.3. The monoisotopic (exact) mass is 389 g/mol. The zero-order chi connectivity index (χ0) is 19.0. The van der Waals surface area contributed by atoms with Gasteiger partial charge in [-0.25, -0.2) is 26.1 Å². The number of nitrogens with zero attached hydrogens (tertiary/aromatic N) is 3. The van der Waals surface area contributed by atoms with E-state index in [9.17, 15) is 21.6 Å². The van der Waals surface area contributed by atoms with Crippen molar-refractivity contribution in [3.63, 3.8) is 0 Å². The second-order valence-corrected chi connectivity index (χ2v) is 10.7. The third kappa shape index (κ3) is 4.20. The minimum absolute atomic E-state index is 0.0648. The first-order chi connectivity index (χ1) is 11.5. The van der Waals surface area contributed by atoms with E-state index in [2.05, 4.69) is 0 Å². The molecule has 1 saturated heterocycles. The average Bonchev–Trinajstić information content (AvgIpc) is 2.86. The van der Waals surface area contributed by atoms with Crippen molar-refractivity contribution in [1.29, 1.82) is 0 Å². The average molecular weight is 389 g/mol. The number of benzene rings is 1. The third-order valence-corrected chi connectivity index (χ3v) is 7.65. The Labute approximate surface area is 149 Å². The van der Waals surface area contributed by atoms with E-state index in [1.165, 1.54) is 43.4 Å². The highest BCUT2D eigenvalue weighted by Gasteiger charge is 2.36. The van der Waals surface area contributed by atoms with Gasteiger partial charge in [0.25, 0.3) is 5.91 Å². The number of hydrogen-bond donors (Lipinski definition) is 0. The largest absolute Gasteiger partial charge is 0.268 e. The van der Waals surface area contributed by atoms with Crippen LogP contribution >= 0.6 is 0 Å². The van der Waals surface area contributed by atoms with Crippen molar-refractivity contribution in [2.45, 2.75) is 17.4 Å². The van der Waals surface area contributed by atoms with Gasteiger partial charge >= 0.3 is 0 Å². The van der Waals surface area contributed by atoms with E-state index in [-0.39, 0.29) is 22.3 Å². The van der Waals surface area contributed by atoms with Crippen molar-refractivity contribution in [1.82, 2.24) is 14.3 Å². The van der Waals surface area contributed by atoms with Gasteiger partial charge in [0.1, 0.15) is 0 Å². The van der Waals surface area contributed by atoms with E-state index in [4.69, 9.17) is 0 Å². The molecular formula is C15H23N3O5S2. The summed E-state index contributed by atoms with van der Waals surface area (Å²) in [5, 5.41) is 2.98. The van der Waals surface area contributed by atoms with Crippen molar-refractivity contribution < 1.29 is 21.6 Å². The molecule has 25 heavy (non-hydrogen) atoms. The molecule has 0 aliphatic carbocycles. The summed E-state index contributed by atoms with van der Waals surface area (Å²) < 4.78 is 48.7. The quantitative estimate of drug-likeness (QED) is 0.660. The van der Waals surface area contributed by atoms with Crippen molar-refractivity contribution in [2.24, 2.45) is 0 Å². The molecule has 0 saturated carbocycles. The summed E-state index contributed by atoms with van der Waals surface area (Å²) in [6.07, 6.45) is 0.388. The Kier molecular flexibility index (Phi) is 5.57. The number of amides is 1. The molecule has 0 spiro atoms. The molecule has 1 amide bonds. The van der Waals surface area contributed by atoms with Gasteiger partial charge in [-0.3, -0.25) is 9.80 Å². The summed E-state index contributed by atoms with van der Waals surface area (Å²) in [6, 6.07) is 5.22. The Morgan fingerprint density at radius 3 is 2.04 bits per heavy atom. The van der Waals surface area contributed by atoms with Crippen LogP contribution in [0, 0.1) is 0 Å². The Morgan fingerprint density at radius 1 is 1.08 bits per heavy atom. The number of carbonyl (C=O) groups excluding carboxylic acids is 1. The lowest BCUT2D eigenvalue weighted by molar-refractivity contribution is 0.00100. The molecule has 2 rings (SSSR count). The van der Waals surface area contributed by atoms with Crippen molar-refractivity contribution >= 4 is 25.8 Å². The first-order valence-electron chi connectivity index (χ1n) is 7.69. The summed E-state index contributed by atoms with van der Waals surface area (Å²) in [4.78, 5) is 12.9. The molecule has 1 heterocycles. The van der Waals surface area contributed by atoms with Crippen LogP contribution in [0.5, 0.6) is 0 Å². The second kappa shape index (κ2) is 7.02. The SMILES string of the molecule is CN(C)N(C(=O)c1ccc(S(=O)(=O)N(C)C)cc1)[C@@H]1CCS(=O)(=O)C1. The van der Waals surface area contributed by atoms with Crippen LogP contribution in [0.4, 0.5) is 0 Å². The molecule has 1 aromatic rings. The molecule has 1 fully saturated rings. The predicted octanol–water partition coefficient (Wildman–Crippen LogP) is 0.0428. The highest BCUT2D eigenvalue weighted by atomic mass is 32.2. The van der Waals surface area contributed by atoms with Crippen LogP contribution in [0.2, 0.25) is 0 Å². The highest BCUT2D eigenvalue weighted by Crippen LogP contribution is 2.22. The maximum atomic E-state index is 12.8. The van der Waals surface area contributed by atoms with Crippen LogP contribution in [0.3, 0.4) is 0 Å². The van der Waals surface area contributed by atoms with E-state index >= 15 is 0 Å². The molecule has 10 heteroatoms. The second-order valence-electron chi connectivity index (χ2n) is 6.37. The lowest BCUT2D eigenvalue weighted by atomic mass is 10.1. The molecule has 1 aliphatic rings.